The van der Waals surface area contributed by atoms with Crippen molar-refractivity contribution in [2.24, 2.45) is 0 Å². The van der Waals surface area contributed by atoms with Gasteiger partial charge in [0.1, 0.15) is 5.60 Å². The van der Waals surface area contributed by atoms with Gasteiger partial charge >= 0.3 is 0 Å². The van der Waals surface area contributed by atoms with Gasteiger partial charge in [-0.3, -0.25) is 4.68 Å². The summed E-state index contributed by atoms with van der Waals surface area (Å²) >= 11 is 9.35. The van der Waals surface area contributed by atoms with E-state index in [4.69, 9.17) is 11.6 Å². The summed E-state index contributed by atoms with van der Waals surface area (Å²) in [5.41, 5.74) is 0.384. The van der Waals surface area contributed by atoms with Crippen LogP contribution in [0, 0.1) is 0 Å². The van der Waals surface area contributed by atoms with Gasteiger partial charge in [-0.05, 0) is 54.4 Å². The van der Waals surface area contributed by atoms with Gasteiger partial charge in [0, 0.05) is 11.1 Å². The largest absolute Gasteiger partial charge is 0.379 e. The van der Waals surface area contributed by atoms with Crippen LogP contribution in [0.1, 0.15) is 38.1 Å². The van der Waals surface area contributed by atoms with Crippen LogP contribution in [-0.4, -0.2) is 14.9 Å². The van der Waals surface area contributed by atoms with E-state index < -0.39 is 5.60 Å². The highest BCUT2D eigenvalue weighted by Crippen LogP contribution is 2.35. The van der Waals surface area contributed by atoms with Crippen molar-refractivity contribution in [3.63, 3.8) is 0 Å². The second kappa shape index (κ2) is 5.27. The standard InChI is InChI=1S/C14H16BrClN2O/c1-9(2)18-13(12(15)8-17-18)14(3,19)10-4-6-11(16)7-5-10/h4-9,19H,1-3H3. The summed E-state index contributed by atoms with van der Waals surface area (Å²) in [6.07, 6.45) is 1.71. The van der Waals surface area contributed by atoms with Crippen LogP contribution in [0.15, 0.2) is 34.9 Å². The molecule has 0 amide bonds. The van der Waals surface area contributed by atoms with Gasteiger partial charge in [0.05, 0.1) is 16.4 Å². The molecule has 0 bridgehead atoms. The Morgan fingerprint density at radius 2 is 1.89 bits per heavy atom. The average molecular weight is 344 g/mol. The Hall–Kier alpha value is -0.840. The maximum absolute atomic E-state index is 10.9. The number of hydrogen-bond acceptors (Lipinski definition) is 2. The Morgan fingerprint density at radius 1 is 1.32 bits per heavy atom. The van der Waals surface area contributed by atoms with Crippen LogP contribution in [0.2, 0.25) is 5.02 Å². The van der Waals surface area contributed by atoms with Crippen LogP contribution < -0.4 is 0 Å². The van der Waals surface area contributed by atoms with Gasteiger partial charge < -0.3 is 5.11 Å². The van der Waals surface area contributed by atoms with E-state index in [2.05, 4.69) is 21.0 Å². The molecule has 0 spiro atoms. The van der Waals surface area contributed by atoms with Gasteiger partial charge in [0.25, 0.3) is 0 Å². The van der Waals surface area contributed by atoms with Gasteiger partial charge in [0.2, 0.25) is 0 Å². The second-order valence-corrected chi connectivity index (χ2v) is 6.25. The lowest BCUT2D eigenvalue weighted by Crippen LogP contribution is -2.28. The molecule has 19 heavy (non-hydrogen) atoms. The van der Waals surface area contributed by atoms with E-state index in [0.29, 0.717) is 5.02 Å². The van der Waals surface area contributed by atoms with E-state index in [-0.39, 0.29) is 6.04 Å². The van der Waals surface area contributed by atoms with Crippen molar-refractivity contribution >= 4 is 27.5 Å². The molecule has 1 N–H and O–H groups in total. The number of aromatic nitrogens is 2. The third-order valence-electron chi connectivity index (χ3n) is 3.11. The van der Waals surface area contributed by atoms with E-state index in [1.165, 1.54) is 0 Å². The third-order valence-corrected chi connectivity index (χ3v) is 3.94. The summed E-state index contributed by atoms with van der Waals surface area (Å²) in [7, 11) is 0. The number of nitrogens with zero attached hydrogens (tertiary/aromatic N) is 2. The lowest BCUT2D eigenvalue weighted by molar-refractivity contribution is 0.0892. The Labute approximate surface area is 126 Å². The fourth-order valence-electron chi connectivity index (χ4n) is 2.10. The molecule has 0 saturated carbocycles. The fourth-order valence-corrected chi connectivity index (χ4v) is 2.88. The lowest BCUT2D eigenvalue weighted by Gasteiger charge is -2.27. The predicted octanol–water partition coefficient (Wildman–Crippen LogP) is 4.14. The zero-order chi connectivity index (χ0) is 14.2. The molecule has 102 valence electrons. The molecule has 1 aromatic carbocycles. The van der Waals surface area contributed by atoms with Crippen LogP contribution >= 0.6 is 27.5 Å². The molecule has 0 aliphatic carbocycles. The molecule has 1 aromatic heterocycles. The van der Waals surface area contributed by atoms with Gasteiger partial charge in [-0.15, -0.1) is 0 Å². The van der Waals surface area contributed by atoms with Crippen molar-refractivity contribution in [2.75, 3.05) is 0 Å². The lowest BCUT2D eigenvalue weighted by atomic mass is 9.92. The quantitative estimate of drug-likeness (QED) is 0.909. The van der Waals surface area contributed by atoms with Crippen molar-refractivity contribution < 1.29 is 5.11 Å². The Kier molecular flexibility index (Phi) is 4.04. The zero-order valence-corrected chi connectivity index (χ0v) is 13.4. The number of benzene rings is 1. The number of aliphatic hydroxyl groups is 1. The highest BCUT2D eigenvalue weighted by atomic mass is 79.9. The molecule has 2 aromatic rings. The molecule has 0 fully saturated rings. The van der Waals surface area contributed by atoms with Crippen LogP contribution in [0.3, 0.4) is 0 Å². The first-order valence-corrected chi connectivity index (χ1v) is 7.23. The van der Waals surface area contributed by atoms with Crippen molar-refractivity contribution in [3.05, 3.63) is 51.2 Å². The maximum atomic E-state index is 10.9. The summed E-state index contributed by atoms with van der Waals surface area (Å²) in [4.78, 5) is 0. The molecule has 0 aliphatic heterocycles. The predicted molar refractivity (Wildman–Crippen MR) is 80.4 cm³/mol. The SMILES string of the molecule is CC(C)n1ncc(Br)c1C(C)(O)c1ccc(Cl)cc1. The smallest absolute Gasteiger partial charge is 0.129 e. The summed E-state index contributed by atoms with van der Waals surface area (Å²) in [5, 5.41) is 15.9. The van der Waals surface area contributed by atoms with Crippen LogP contribution in [0.5, 0.6) is 0 Å². The zero-order valence-electron chi connectivity index (χ0n) is 11.1. The van der Waals surface area contributed by atoms with Gasteiger partial charge in [-0.25, -0.2) is 0 Å². The molecular weight excluding hydrogens is 328 g/mol. The molecular formula is C14H16BrClN2O. The van der Waals surface area contributed by atoms with Crippen LogP contribution in [-0.2, 0) is 5.60 Å². The van der Waals surface area contributed by atoms with E-state index >= 15 is 0 Å². The average Bonchev–Trinajstić information content (AvgIpc) is 2.72. The first-order valence-electron chi connectivity index (χ1n) is 6.06. The number of hydrogen-bond donors (Lipinski definition) is 1. The van der Waals surface area contributed by atoms with Crippen molar-refractivity contribution in [2.45, 2.75) is 32.4 Å². The van der Waals surface area contributed by atoms with Crippen molar-refractivity contribution in [1.82, 2.24) is 9.78 Å². The summed E-state index contributed by atoms with van der Waals surface area (Å²) in [6, 6.07) is 7.36. The minimum atomic E-state index is -1.13. The van der Waals surface area contributed by atoms with Crippen LogP contribution in [0.4, 0.5) is 0 Å². The number of rotatable bonds is 3. The summed E-state index contributed by atoms with van der Waals surface area (Å²) in [6.45, 7) is 5.82. The molecule has 1 atom stereocenters. The molecule has 0 saturated heterocycles. The Morgan fingerprint density at radius 3 is 2.42 bits per heavy atom. The highest BCUT2D eigenvalue weighted by Gasteiger charge is 2.32. The number of halogens is 2. The molecule has 3 nitrogen and oxygen atoms in total. The van der Waals surface area contributed by atoms with Crippen LogP contribution in [0.25, 0.3) is 0 Å². The normalized spacial score (nSPS) is 14.7. The van der Waals surface area contributed by atoms with Gasteiger partial charge in [-0.1, -0.05) is 23.7 Å². The fraction of sp³-hybridized carbons (Fsp3) is 0.357. The maximum Gasteiger partial charge on any atom is 0.129 e. The third kappa shape index (κ3) is 2.71. The minimum Gasteiger partial charge on any atom is -0.379 e. The molecule has 2 rings (SSSR count). The second-order valence-electron chi connectivity index (χ2n) is 4.96. The first-order chi connectivity index (χ1) is 8.84. The molecule has 5 heteroatoms. The molecule has 0 aliphatic rings. The monoisotopic (exact) mass is 342 g/mol. The van der Waals surface area contributed by atoms with Crippen molar-refractivity contribution in [1.29, 1.82) is 0 Å². The minimum absolute atomic E-state index is 0.167. The molecule has 1 heterocycles. The topological polar surface area (TPSA) is 38.0 Å². The Balaban J connectivity index is 2.55. The van der Waals surface area contributed by atoms with Gasteiger partial charge in [-0.2, -0.15) is 5.10 Å². The summed E-state index contributed by atoms with van der Waals surface area (Å²) < 4.78 is 2.61. The molecule has 0 radical (unpaired) electrons. The van der Waals surface area contributed by atoms with E-state index in [1.54, 1.807) is 25.3 Å². The van der Waals surface area contributed by atoms with Crippen molar-refractivity contribution in [3.8, 4) is 0 Å². The van der Waals surface area contributed by atoms with E-state index in [9.17, 15) is 5.11 Å². The Bertz CT molecular complexity index is 576. The van der Waals surface area contributed by atoms with Gasteiger partial charge in [0.15, 0.2) is 0 Å². The highest BCUT2D eigenvalue weighted by molar-refractivity contribution is 9.10. The van der Waals surface area contributed by atoms with E-state index in [0.717, 1.165) is 15.7 Å². The van der Waals surface area contributed by atoms with E-state index in [1.807, 2.05) is 30.7 Å². The molecule has 1 unspecified atom stereocenters. The first kappa shape index (κ1) is 14.6. The summed E-state index contributed by atoms with van der Waals surface area (Å²) in [5.74, 6) is 0.